The molecule has 2 aliphatic rings. The lowest BCUT2D eigenvalue weighted by atomic mass is 9.86. The van der Waals surface area contributed by atoms with Crippen LogP contribution in [0.3, 0.4) is 0 Å². The monoisotopic (exact) mass is 550 g/mol. The fraction of sp³-hybridized carbons (Fsp3) is 0.278. The third kappa shape index (κ3) is 8.54. The number of ether oxygens (including phenoxy) is 4. The SMILES string of the molecule is C1=C(c2ccc(OCc3ccccc3)cc2)CCOC1.OC1(c2ccc(OCc3ccccc3)cc2)CCOCC1. The maximum atomic E-state index is 10.6. The highest BCUT2D eigenvalue weighted by atomic mass is 16.5. The third-order valence-corrected chi connectivity index (χ3v) is 7.40. The lowest BCUT2D eigenvalue weighted by Crippen LogP contribution is -2.33. The summed E-state index contributed by atoms with van der Waals surface area (Å²) in [5, 5.41) is 10.6. The zero-order valence-corrected chi connectivity index (χ0v) is 23.4. The van der Waals surface area contributed by atoms with Crippen LogP contribution in [0.5, 0.6) is 11.5 Å². The molecule has 0 bridgehead atoms. The molecule has 1 saturated heterocycles. The van der Waals surface area contributed by atoms with Crippen molar-refractivity contribution in [3.05, 3.63) is 138 Å². The predicted molar refractivity (Wildman–Crippen MR) is 162 cm³/mol. The van der Waals surface area contributed by atoms with Crippen LogP contribution in [0.2, 0.25) is 0 Å². The van der Waals surface area contributed by atoms with Gasteiger partial charge in [0.25, 0.3) is 0 Å². The molecule has 0 radical (unpaired) electrons. The van der Waals surface area contributed by atoms with Crippen molar-refractivity contribution in [3.63, 3.8) is 0 Å². The first-order chi connectivity index (χ1) is 20.2. The number of rotatable bonds is 8. The van der Waals surface area contributed by atoms with Gasteiger partial charge >= 0.3 is 0 Å². The Bertz CT molecular complexity index is 1340. The third-order valence-electron chi connectivity index (χ3n) is 7.40. The van der Waals surface area contributed by atoms with Gasteiger partial charge in [0.2, 0.25) is 0 Å². The molecular formula is C36H38O5. The van der Waals surface area contributed by atoms with E-state index in [9.17, 15) is 5.11 Å². The molecule has 0 unspecified atom stereocenters. The molecule has 0 saturated carbocycles. The first-order valence-corrected chi connectivity index (χ1v) is 14.3. The lowest BCUT2D eigenvalue weighted by Gasteiger charge is -2.32. The van der Waals surface area contributed by atoms with Gasteiger partial charge in [-0.1, -0.05) is 91.0 Å². The summed E-state index contributed by atoms with van der Waals surface area (Å²) < 4.78 is 22.2. The first kappa shape index (κ1) is 28.6. The van der Waals surface area contributed by atoms with Crippen molar-refractivity contribution in [2.75, 3.05) is 26.4 Å². The quantitative estimate of drug-likeness (QED) is 0.249. The minimum atomic E-state index is -0.754. The Morgan fingerprint density at radius 3 is 1.66 bits per heavy atom. The number of hydrogen-bond donors (Lipinski definition) is 1. The minimum absolute atomic E-state index is 0.554. The predicted octanol–water partition coefficient (Wildman–Crippen LogP) is 7.33. The Balaban J connectivity index is 0.000000165. The molecule has 4 aromatic rings. The average molecular weight is 551 g/mol. The number of hydrogen-bond acceptors (Lipinski definition) is 5. The van der Waals surface area contributed by atoms with E-state index in [4.69, 9.17) is 18.9 Å². The Kier molecular flexibility index (Phi) is 10.2. The summed E-state index contributed by atoms with van der Waals surface area (Å²) in [6, 6.07) is 36.4. The summed E-state index contributed by atoms with van der Waals surface area (Å²) in [7, 11) is 0. The van der Waals surface area contributed by atoms with Gasteiger partial charge in [-0.15, -0.1) is 0 Å². The summed E-state index contributed by atoms with van der Waals surface area (Å²) >= 11 is 0. The van der Waals surface area contributed by atoms with Crippen molar-refractivity contribution in [1.82, 2.24) is 0 Å². The Morgan fingerprint density at radius 2 is 1.15 bits per heavy atom. The van der Waals surface area contributed by atoms with Crippen molar-refractivity contribution in [1.29, 1.82) is 0 Å². The molecule has 0 amide bonds. The van der Waals surface area contributed by atoms with Crippen molar-refractivity contribution in [2.45, 2.75) is 38.1 Å². The maximum absolute atomic E-state index is 10.6. The van der Waals surface area contributed by atoms with E-state index in [0.717, 1.165) is 42.3 Å². The molecule has 5 nitrogen and oxygen atoms in total. The van der Waals surface area contributed by atoms with E-state index < -0.39 is 5.60 Å². The zero-order valence-electron chi connectivity index (χ0n) is 23.4. The Hall–Kier alpha value is -3.90. The van der Waals surface area contributed by atoms with E-state index >= 15 is 0 Å². The van der Waals surface area contributed by atoms with Crippen molar-refractivity contribution in [2.24, 2.45) is 0 Å². The first-order valence-electron chi connectivity index (χ1n) is 14.3. The lowest BCUT2D eigenvalue weighted by molar-refractivity contribution is -0.0679. The Morgan fingerprint density at radius 1 is 0.610 bits per heavy atom. The molecular weight excluding hydrogens is 512 g/mol. The van der Waals surface area contributed by atoms with Crippen molar-refractivity contribution in [3.8, 4) is 11.5 Å². The van der Waals surface area contributed by atoms with Gasteiger partial charge in [0.1, 0.15) is 24.7 Å². The van der Waals surface area contributed by atoms with Crippen LogP contribution in [-0.2, 0) is 28.3 Å². The molecule has 6 rings (SSSR count). The second-order valence-corrected chi connectivity index (χ2v) is 10.3. The fourth-order valence-electron chi connectivity index (χ4n) is 4.90. The van der Waals surface area contributed by atoms with Gasteiger partial charge in [-0.05, 0) is 58.5 Å². The fourth-order valence-corrected chi connectivity index (χ4v) is 4.90. The highest BCUT2D eigenvalue weighted by molar-refractivity contribution is 5.66. The van der Waals surface area contributed by atoms with Gasteiger partial charge in [0.15, 0.2) is 0 Å². The zero-order chi connectivity index (χ0) is 28.2. The van der Waals surface area contributed by atoms with E-state index in [1.165, 1.54) is 16.7 Å². The second-order valence-electron chi connectivity index (χ2n) is 10.3. The van der Waals surface area contributed by atoms with E-state index in [1.54, 1.807) is 0 Å². The van der Waals surface area contributed by atoms with Crippen LogP contribution in [0, 0.1) is 0 Å². The molecule has 41 heavy (non-hydrogen) atoms. The van der Waals surface area contributed by atoms with Crippen LogP contribution >= 0.6 is 0 Å². The van der Waals surface area contributed by atoms with Crippen LogP contribution < -0.4 is 9.47 Å². The van der Waals surface area contributed by atoms with Crippen molar-refractivity contribution < 1.29 is 24.1 Å². The largest absolute Gasteiger partial charge is 0.489 e. The molecule has 5 heteroatoms. The minimum Gasteiger partial charge on any atom is -0.489 e. The average Bonchev–Trinajstić information content (AvgIpc) is 3.05. The smallest absolute Gasteiger partial charge is 0.119 e. The van der Waals surface area contributed by atoms with E-state index in [1.807, 2.05) is 84.9 Å². The molecule has 2 aliphatic heterocycles. The van der Waals surface area contributed by atoms with E-state index in [-0.39, 0.29) is 0 Å². The second kappa shape index (κ2) is 14.6. The van der Waals surface area contributed by atoms with Crippen LogP contribution in [0.4, 0.5) is 0 Å². The van der Waals surface area contributed by atoms with E-state index in [2.05, 4.69) is 30.3 Å². The van der Waals surface area contributed by atoms with Gasteiger partial charge in [-0.2, -0.15) is 0 Å². The molecule has 212 valence electrons. The number of aliphatic hydroxyl groups is 1. The Labute approximate surface area is 243 Å². The molecule has 0 atom stereocenters. The molecule has 0 spiro atoms. The highest BCUT2D eigenvalue weighted by Gasteiger charge is 2.31. The molecule has 1 N–H and O–H groups in total. The van der Waals surface area contributed by atoms with Gasteiger partial charge in [0, 0.05) is 26.1 Å². The van der Waals surface area contributed by atoms with Crippen molar-refractivity contribution >= 4 is 5.57 Å². The molecule has 2 heterocycles. The van der Waals surface area contributed by atoms with Gasteiger partial charge in [0.05, 0.1) is 18.8 Å². The highest BCUT2D eigenvalue weighted by Crippen LogP contribution is 2.32. The topological polar surface area (TPSA) is 57.2 Å². The maximum Gasteiger partial charge on any atom is 0.119 e. The summed E-state index contributed by atoms with van der Waals surface area (Å²) in [4.78, 5) is 0. The van der Waals surface area contributed by atoms with Crippen LogP contribution in [0.1, 0.15) is 41.5 Å². The van der Waals surface area contributed by atoms with Gasteiger partial charge in [-0.25, -0.2) is 0 Å². The summed E-state index contributed by atoms with van der Waals surface area (Å²) in [6.45, 7) is 3.93. The number of benzene rings is 4. The van der Waals surface area contributed by atoms with Crippen LogP contribution in [-0.4, -0.2) is 31.5 Å². The normalized spacial score (nSPS) is 16.1. The molecule has 1 fully saturated rings. The van der Waals surface area contributed by atoms with Crippen LogP contribution in [0.15, 0.2) is 115 Å². The van der Waals surface area contributed by atoms with Crippen LogP contribution in [0.25, 0.3) is 5.57 Å². The standard InChI is InChI=1S/C18H20O3.C18H18O2/c19-18(10-12-20-13-11-18)16-6-8-17(9-7-16)21-14-15-4-2-1-3-5-15;1-2-4-15(5-3-1)14-20-18-8-6-16(7-9-18)17-10-12-19-13-11-17/h1-9,19H,10-14H2;1-10H,11-14H2. The van der Waals surface area contributed by atoms with Gasteiger partial charge < -0.3 is 24.1 Å². The molecule has 4 aromatic carbocycles. The molecule has 0 aromatic heterocycles. The summed E-state index contributed by atoms with van der Waals surface area (Å²) in [5.74, 6) is 1.73. The summed E-state index contributed by atoms with van der Waals surface area (Å²) in [6.07, 6.45) is 4.45. The van der Waals surface area contributed by atoms with Gasteiger partial charge in [-0.3, -0.25) is 0 Å². The molecule has 0 aliphatic carbocycles. The summed E-state index contributed by atoms with van der Waals surface area (Å²) in [5.41, 5.74) is 5.15. The van der Waals surface area contributed by atoms with E-state index in [0.29, 0.717) is 39.3 Å².